The minimum Gasteiger partial charge on any atom is -0.394 e. The van der Waals surface area contributed by atoms with E-state index in [4.69, 9.17) is 5.73 Å². The molecule has 0 amide bonds. The summed E-state index contributed by atoms with van der Waals surface area (Å²) in [4.78, 5) is 12.4. The summed E-state index contributed by atoms with van der Waals surface area (Å²) in [6, 6.07) is 0.0103. The molecule has 0 aliphatic heterocycles. The number of fused-ring (bicyclic) bond motifs is 1. The fourth-order valence-electron chi connectivity index (χ4n) is 2.26. The molecule has 2 heterocycles. The molecule has 0 bridgehead atoms. The summed E-state index contributed by atoms with van der Waals surface area (Å²) in [6.45, 7) is 2.27. The molecular weight excluding hydrogens is 242 g/mol. The molecule has 2 aromatic rings. The van der Waals surface area contributed by atoms with Crippen LogP contribution >= 0.6 is 0 Å². The van der Waals surface area contributed by atoms with Gasteiger partial charge in [0.05, 0.1) is 19.0 Å². The summed E-state index contributed by atoms with van der Waals surface area (Å²) in [5, 5.41) is 9.56. The van der Waals surface area contributed by atoms with Crippen LogP contribution in [0.2, 0.25) is 0 Å². The Balaban J connectivity index is 2.14. The average molecular weight is 263 g/mol. The fraction of sp³-hybridized carbons (Fsp3) is 0.615. The van der Waals surface area contributed by atoms with Crippen molar-refractivity contribution in [3.63, 3.8) is 0 Å². The third-order valence-electron chi connectivity index (χ3n) is 3.38. The smallest absolute Gasteiger partial charge is 0.165 e. The zero-order chi connectivity index (χ0) is 13.7. The first-order valence-electron chi connectivity index (χ1n) is 6.81. The van der Waals surface area contributed by atoms with Gasteiger partial charge in [-0.15, -0.1) is 0 Å². The van der Waals surface area contributed by atoms with Crippen molar-refractivity contribution in [1.29, 1.82) is 0 Å². The topological polar surface area (TPSA) is 89.8 Å². The molecule has 0 fully saturated rings. The van der Waals surface area contributed by atoms with E-state index in [-0.39, 0.29) is 12.6 Å². The highest BCUT2D eigenvalue weighted by Gasteiger charge is 2.15. The number of anilines is 1. The Hall–Kier alpha value is -1.69. The Kier molecular flexibility index (Phi) is 4.68. The van der Waals surface area contributed by atoms with E-state index in [0.717, 1.165) is 12.8 Å². The van der Waals surface area contributed by atoms with Crippen LogP contribution < -0.4 is 5.73 Å². The van der Waals surface area contributed by atoms with E-state index in [0.29, 0.717) is 17.0 Å². The summed E-state index contributed by atoms with van der Waals surface area (Å²) in [6.07, 6.45) is 8.78. The molecule has 1 unspecified atom stereocenters. The molecule has 0 aliphatic carbocycles. The predicted octanol–water partition coefficient (Wildman–Crippen LogP) is 1.91. The van der Waals surface area contributed by atoms with Gasteiger partial charge in [-0.25, -0.2) is 15.0 Å². The quantitative estimate of drug-likeness (QED) is 0.745. The summed E-state index contributed by atoms with van der Waals surface area (Å²) in [5.74, 6) is 0.381. The molecule has 6 heteroatoms. The maximum absolute atomic E-state index is 9.56. The zero-order valence-electron chi connectivity index (χ0n) is 11.3. The van der Waals surface area contributed by atoms with Crippen LogP contribution in [0, 0.1) is 0 Å². The molecule has 104 valence electrons. The van der Waals surface area contributed by atoms with E-state index in [1.165, 1.54) is 25.6 Å². The van der Waals surface area contributed by atoms with E-state index in [1.54, 1.807) is 6.33 Å². The van der Waals surface area contributed by atoms with Gasteiger partial charge in [-0.1, -0.05) is 32.6 Å². The summed E-state index contributed by atoms with van der Waals surface area (Å²) >= 11 is 0. The standard InChI is InChI=1S/C13H21N5O/c1-2-3-4-5-6-10(7-19)18-9-17-11-12(14)15-8-16-13(11)18/h8-10,19H,2-7H2,1H3,(H2,14,15,16). The minimum absolute atomic E-state index is 0.0103. The number of nitrogens with zero attached hydrogens (tertiary/aromatic N) is 4. The van der Waals surface area contributed by atoms with Crippen molar-refractivity contribution in [3.05, 3.63) is 12.7 Å². The van der Waals surface area contributed by atoms with Crippen LogP contribution in [0.4, 0.5) is 5.82 Å². The Bertz CT molecular complexity index is 525. The normalized spacial score (nSPS) is 12.9. The van der Waals surface area contributed by atoms with Crippen molar-refractivity contribution in [2.45, 2.75) is 45.1 Å². The number of aliphatic hydroxyl groups excluding tert-OH is 1. The molecule has 0 aromatic carbocycles. The van der Waals surface area contributed by atoms with E-state index in [9.17, 15) is 5.11 Å². The van der Waals surface area contributed by atoms with Crippen LogP contribution in [-0.2, 0) is 0 Å². The molecule has 2 aromatic heterocycles. The fourth-order valence-corrected chi connectivity index (χ4v) is 2.26. The van der Waals surface area contributed by atoms with Crippen molar-refractivity contribution in [3.8, 4) is 0 Å². The second-order valence-electron chi connectivity index (χ2n) is 4.77. The number of aromatic nitrogens is 4. The van der Waals surface area contributed by atoms with Crippen molar-refractivity contribution in [1.82, 2.24) is 19.5 Å². The van der Waals surface area contributed by atoms with Crippen LogP contribution in [0.15, 0.2) is 12.7 Å². The number of hydrogen-bond donors (Lipinski definition) is 2. The maximum Gasteiger partial charge on any atom is 0.165 e. The molecule has 6 nitrogen and oxygen atoms in total. The van der Waals surface area contributed by atoms with Crippen LogP contribution in [0.5, 0.6) is 0 Å². The summed E-state index contributed by atoms with van der Waals surface area (Å²) < 4.78 is 1.90. The lowest BCUT2D eigenvalue weighted by Crippen LogP contribution is -2.13. The molecule has 0 radical (unpaired) electrons. The SMILES string of the molecule is CCCCCCC(CO)n1cnc2c(N)ncnc21. The molecule has 0 saturated heterocycles. The van der Waals surface area contributed by atoms with Gasteiger partial charge in [-0.2, -0.15) is 0 Å². The van der Waals surface area contributed by atoms with Crippen LogP contribution in [0.3, 0.4) is 0 Å². The van der Waals surface area contributed by atoms with Crippen molar-refractivity contribution >= 4 is 17.0 Å². The van der Waals surface area contributed by atoms with Crippen LogP contribution in [0.25, 0.3) is 11.2 Å². The number of nitrogens with two attached hydrogens (primary N) is 1. The lowest BCUT2D eigenvalue weighted by molar-refractivity contribution is 0.219. The molecule has 0 aliphatic rings. The molecular formula is C13H21N5O. The van der Waals surface area contributed by atoms with Crippen molar-refractivity contribution < 1.29 is 5.11 Å². The van der Waals surface area contributed by atoms with Gasteiger partial charge in [0.15, 0.2) is 11.5 Å². The van der Waals surface area contributed by atoms with Gasteiger partial charge >= 0.3 is 0 Å². The molecule has 3 N–H and O–H groups in total. The second-order valence-corrected chi connectivity index (χ2v) is 4.77. The number of nitrogen functional groups attached to an aromatic ring is 1. The van der Waals surface area contributed by atoms with Gasteiger partial charge in [-0.3, -0.25) is 0 Å². The highest BCUT2D eigenvalue weighted by molar-refractivity contribution is 5.81. The summed E-state index contributed by atoms with van der Waals surface area (Å²) in [5.41, 5.74) is 7.06. The monoisotopic (exact) mass is 263 g/mol. The summed E-state index contributed by atoms with van der Waals surface area (Å²) in [7, 11) is 0. The van der Waals surface area contributed by atoms with Crippen LogP contribution in [-0.4, -0.2) is 31.2 Å². The Morgan fingerprint density at radius 3 is 2.84 bits per heavy atom. The molecule has 19 heavy (non-hydrogen) atoms. The van der Waals surface area contributed by atoms with E-state index in [1.807, 2.05) is 4.57 Å². The maximum atomic E-state index is 9.56. The van der Waals surface area contributed by atoms with Gasteiger partial charge < -0.3 is 15.4 Å². The minimum atomic E-state index is 0.0103. The first-order valence-corrected chi connectivity index (χ1v) is 6.81. The Morgan fingerprint density at radius 2 is 2.11 bits per heavy atom. The lowest BCUT2D eigenvalue weighted by Gasteiger charge is -2.16. The molecule has 0 spiro atoms. The van der Waals surface area contributed by atoms with Gasteiger partial charge in [0, 0.05) is 0 Å². The molecule has 0 saturated carbocycles. The van der Waals surface area contributed by atoms with Crippen molar-refractivity contribution in [2.75, 3.05) is 12.3 Å². The number of rotatable bonds is 7. The first-order chi connectivity index (χ1) is 9.27. The van der Waals surface area contributed by atoms with E-state index >= 15 is 0 Å². The van der Waals surface area contributed by atoms with Crippen LogP contribution in [0.1, 0.15) is 45.1 Å². The van der Waals surface area contributed by atoms with E-state index in [2.05, 4.69) is 21.9 Å². The Morgan fingerprint density at radius 1 is 1.26 bits per heavy atom. The van der Waals surface area contributed by atoms with Gasteiger partial charge in [0.2, 0.25) is 0 Å². The van der Waals surface area contributed by atoms with Gasteiger partial charge in [-0.05, 0) is 6.42 Å². The Labute approximate surface area is 112 Å². The first kappa shape index (κ1) is 13.7. The predicted molar refractivity (Wildman–Crippen MR) is 74.6 cm³/mol. The molecule has 1 atom stereocenters. The third kappa shape index (κ3) is 3.01. The number of hydrogen-bond acceptors (Lipinski definition) is 5. The zero-order valence-corrected chi connectivity index (χ0v) is 11.3. The van der Waals surface area contributed by atoms with Gasteiger partial charge in [0.1, 0.15) is 11.8 Å². The average Bonchev–Trinajstić information content (AvgIpc) is 2.84. The third-order valence-corrected chi connectivity index (χ3v) is 3.38. The number of aliphatic hydroxyl groups is 1. The largest absolute Gasteiger partial charge is 0.394 e. The molecule has 2 rings (SSSR count). The van der Waals surface area contributed by atoms with Gasteiger partial charge in [0.25, 0.3) is 0 Å². The lowest BCUT2D eigenvalue weighted by atomic mass is 10.1. The van der Waals surface area contributed by atoms with Crippen molar-refractivity contribution in [2.24, 2.45) is 0 Å². The number of unbranched alkanes of at least 4 members (excludes halogenated alkanes) is 3. The second kappa shape index (κ2) is 6.47. The number of imidazole rings is 1. The van der Waals surface area contributed by atoms with E-state index < -0.39 is 0 Å². The highest BCUT2D eigenvalue weighted by Crippen LogP contribution is 2.22. The highest BCUT2D eigenvalue weighted by atomic mass is 16.3.